The van der Waals surface area contributed by atoms with Crippen LogP contribution in [0.15, 0.2) is 41.4 Å². The Kier molecular flexibility index (Phi) is 5.56. The molecule has 0 unspecified atom stereocenters. The molecule has 2 heterocycles. The van der Waals surface area contributed by atoms with Crippen LogP contribution in [-0.2, 0) is 9.53 Å². The molecule has 1 aliphatic heterocycles. The maximum Gasteiger partial charge on any atom is 0.269 e. The van der Waals surface area contributed by atoms with Crippen LogP contribution in [0.4, 0.5) is 5.69 Å². The minimum Gasteiger partial charge on any atom is -0.378 e. The highest BCUT2D eigenvalue weighted by Crippen LogP contribution is 2.22. The number of nitro groups is 1. The maximum absolute atomic E-state index is 12.1. The molecule has 130 valence electrons. The fourth-order valence-electron chi connectivity index (χ4n) is 2.34. The van der Waals surface area contributed by atoms with Crippen molar-refractivity contribution in [1.29, 1.82) is 0 Å². The van der Waals surface area contributed by atoms with E-state index in [1.807, 2.05) is 0 Å². The molecular formula is C16H16N4O4S. The Morgan fingerprint density at radius 3 is 2.48 bits per heavy atom. The second-order valence-electron chi connectivity index (χ2n) is 5.34. The van der Waals surface area contributed by atoms with E-state index in [1.54, 1.807) is 29.2 Å². The first-order chi connectivity index (χ1) is 12.1. The highest BCUT2D eigenvalue weighted by atomic mass is 32.2. The number of morpholine rings is 1. The van der Waals surface area contributed by atoms with Gasteiger partial charge in [0, 0.05) is 30.8 Å². The van der Waals surface area contributed by atoms with E-state index in [9.17, 15) is 14.9 Å². The quantitative estimate of drug-likeness (QED) is 0.457. The number of ether oxygens (including phenoxy) is 1. The van der Waals surface area contributed by atoms with Gasteiger partial charge in [0.05, 0.1) is 29.6 Å². The zero-order valence-corrected chi connectivity index (χ0v) is 14.1. The Hall–Kier alpha value is -2.52. The topological polar surface area (TPSA) is 98.5 Å². The number of nitro benzene ring substituents is 1. The maximum atomic E-state index is 12.1. The van der Waals surface area contributed by atoms with Gasteiger partial charge in [-0.2, -0.15) is 0 Å². The highest BCUT2D eigenvalue weighted by Gasteiger charge is 2.17. The van der Waals surface area contributed by atoms with Gasteiger partial charge in [-0.3, -0.25) is 14.9 Å². The SMILES string of the molecule is O=C(CSc1ccc(-c2ccc([N+](=O)[O-])cc2)nn1)N1CCOCC1. The van der Waals surface area contributed by atoms with Gasteiger partial charge in [-0.15, -0.1) is 10.2 Å². The van der Waals surface area contributed by atoms with Crippen molar-refractivity contribution in [3.63, 3.8) is 0 Å². The first kappa shape index (κ1) is 17.3. The molecule has 1 saturated heterocycles. The van der Waals surface area contributed by atoms with Gasteiger partial charge in [0.2, 0.25) is 5.91 Å². The third kappa shape index (κ3) is 4.52. The van der Waals surface area contributed by atoms with E-state index in [-0.39, 0.29) is 11.6 Å². The Labute approximate surface area is 148 Å². The Morgan fingerprint density at radius 1 is 1.16 bits per heavy atom. The molecule has 9 heteroatoms. The fourth-order valence-corrected chi connectivity index (χ4v) is 3.06. The van der Waals surface area contributed by atoms with Crippen molar-refractivity contribution in [2.45, 2.75) is 5.03 Å². The van der Waals surface area contributed by atoms with Crippen LogP contribution in [0.3, 0.4) is 0 Å². The van der Waals surface area contributed by atoms with Crippen molar-refractivity contribution in [2.75, 3.05) is 32.1 Å². The summed E-state index contributed by atoms with van der Waals surface area (Å²) in [6.45, 7) is 2.43. The third-order valence-corrected chi connectivity index (χ3v) is 4.63. The van der Waals surface area contributed by atoms with E-state index in [0.717, 1.165) is 5.56 Å². The normalized spacial score (nSPS) is 14.3. The summed E-state index contributed by atoms with van der Waals surface area (Å²) in [6.07, 6.45) is 0. The molecule has 1 fully saturated rings. The van der Waals surface area contributed by atoms with Crippen molar-refractivity contribution >= 4 is 23.4 Å². The van der Waals surface area contributed by atoms with E-state index in [2.05, 4.69) is 10.2 Å². The smallest absolute Gasteiger partial charge is 0.269 e. The average Bonchev–Trinajstić information content (AvgIpc) is 2.67. The summed E-state index contributed by atoms with van der Waals surface area (Å²) in [5, 5.41) is 19.6. The summed E-state index contributed by atoms with van der Waals surface area (Å²) >= 11 is 1.34. The number of amides is 1. The van der Waals surface area contributed by atoms with E-state index < -0.39 is 4.92 Å². The van der Waals surface area contributed by atoms with E-state index in [1.165, 1.54) is 23.9 Å². The van der Waals surface area contributed by atoms with Crippen molar-refractivity contribution in [3.05, 3.63) is 46.5 Å². The Morgan fingerprint density at radius 2 is 1.88 bits per heavy atom. The molecule has 0 spiro atoms. The molecule has 3 rings (SSSR count). The molecule has 0 radical (unpaired) electrons. The van der Waals surface area contributed by atoms with E-state index in [0.29, 0.717) is 42.8 Å². The number of hydrogen-bond acceptors (Lipinski definition) is 7. The lowest BCUT2D eigenvalue weighted by Crippen LogP contribution is -2.41. The van der Waals surface area contributed by atoms with Crippen molar-refractivity contribution in [1.82, 2.24) is 15.1 Å². The van der Waals surface area contributed by atoms with Gasteiger partial charge in [-0.05, 0) is 24.3 Å². The summed E-state index contributed by atoms with van der Waals surface area (Å²) in [7, 11) is 0. The zero-order valence-electron chi connectivity index (χ0n) is 13.3. The second kappa shape index (κ2) is 8.04. The van der Waals surface area contributed by atoms with Gasteiger partial charge in [-0.1, -0.05) is 11.8 Å². The van der Waals surface area contributed by atoms with Crippen LogP contribution in [0, 0.1) is 10.1 Å². The molecular weight excluding hydrogens is 344 g/mol. The molecule has 2 aromatic rings. The van der Waals surface area contributed by atoms with Crippen LogP contribution in [0.5, 0.6) is 0 Å². The lowest BCUT2D eigenvalue weighted by Gasteiger charge is -2.26. The van der Waals surface area contributed by atoms with Gasteiger partial charge in [0.1, 0.15) is 5.03 Å². The summed E-state index contributed by atoms with van der Waals surface area (Å²) in [6, 6.07) is 9.71. The third-order valence-electron chi connectivity index (χ3n) is 3.72. The number of carbonyl (C=O) groups is 1. The molecule has 0 aliphatic carbocycles. The summed E-state index contributed by atoms with van der Waals surface area (Å²) in [5.74, 6) is 0.375. The molecule has 1 aromatic carbocycles. The predicted molar refractivity (Wildman–Crippen MR) is 92.2 cm³/mol. The number of benzene rings is 1. The highest BCUT2D eigenvalue weighted by molar-refractivity contribution is 7.99. The van der Waals surface area contributed by atoms with Crippen LogP contribution in [0.2, 0.25) is 0 Å². The first-order valence-corrected chi connectivity index (χ1v) is 8.69. The number of hydrogen-bond donors (Lipinski definition) is 0. The monoisotopic (exact) mass is 360 g/mol. The minimum absolute atomic E-state index is 0.0329. The second-order valence-corrected chi connectivity index (χ2v) is 6.34. The van der Waals surface area contributed by atoms with Crippen molar-refractivity contribution < 1.29 is 14.5 Å². The van der Waals surface area contributed by atoms with Crippen LogP contribution in [0.1, 0.15) is 0 Å². The zero-order chi connectivity index (χ0) is 17.6. The van der Waals surface area contributed by atoms with E-state index >= 15 is 0 Å². The number of non-ortho nitro benzene ring substituents is 1. The predicted octanol–water partition coefficient (Wildman–Crippen LogP) is 2.00. The standard InChI is InChI=1S/C16H16N4O4S/c21-16(19-7-9-24-10-8-19)11-25-15-6-5-14(17-18-15)12-1-3-13(4-2-12)20(22)23/h1-6H,7-11H2. The van der Waals surface area contributed by atoms with Gasteiger partial charge in [0.25, 0.3) is 5.69 Å². The number of nitrogens with zero attached hydrogens (tertiary/aromatic N) is 4. The molecule has 25 heavy (non-hydrogen) atoms. The number of carbonyl (C=O) groups excluding carboxylic acids is 1. The fraction of sp³-hybridized carbons (Fsp3) is 0.312. The molecule has 1 amide bonds. The van der Waals surface area contributed by atoms with Crippen LogP contribution in [-0.4, -0.2) is 58.0 Å². The molecule has 0 bridgehead atoms. The molecule has 0 saturated carbocycles. The summed E-state index contributed by atoms with van der Waals surface area (Å²) in [4.78, 5) is 24.1. The van der Waals surface area contributed by atoms with Crippen molar-refractivity contribution in [2.24, 2.45) is 0 Å². The first-order valence-electron chi connectivity index (χ1n) is 7.70. The lowest BCUT2D eigenvalue weighted by molar-refractivity contribution is -0.384. The lowest BCUT2D eigenvalue weighted by atomic mass is 10.1. The molecule has 1 aromatic heterocycles. The van der Waals surface area contributed by atoms with Crippen molar-refractivity contribution in [3.8, 4) is 11.3 Å². The molecule has 1 aliphatic rings. The van der Waals surface area contributed by atoms with Gasteiger partial charge in [0.15, 0.2) is 0 Å². The summed E-state index contributed by atoms with van der Waals surface area (Å²) in [5.41, 5.74) is 1.41. The Balaban J connectivity index is 1.58. The molecule has 0 N–H and O–H groups in total. The molecule has 0 atom stereocenters. The van der Waals surface area contributed by atoms with Crippen LogP contribution >= 0.6 is 11.8 Å². The van der Waals surface area contributed by atoms with Gasteiger partial charge in [-0.25, -0.2) is 0 Å². The summed E-state index contributed by atoms with van der Waals surface area (Å²) < 4.78 is 5.23. The Bertz CT molecular complexity index is 746. The van der Waals surface area contributed by atoms with Gasteiger partial charge < -0.3 is 9.64 Å². The molecule has 8 nitrogen and oxygen atoms in total. The number of rotatable bonds is 5. The number of thioether (sulfide) groups is 1. The van der Waals surface area contributed by atoms with Crippen LogP contribution in [0.25, 0.3) is 11.3 Å². The van der Waals surface area contributed by atoms with Crippen LogP contribution < -0.4 is 0 Å². The van der Waals surface area contributed by atoms with E-state index in [4.69, 9.17) is 4.74 Å². The average molecular weight is 360 g/mol. The minimum atomic E-state index is -0.444. The number of aromatic nitrogens is 2. The largest absolute Gasteiger partial charge is 0.378 e. The van der Waals surface area contributed by atoms with Gasteiger partial charge >= 0.3 is 0 Å².